The zero-order chi connectivity index (χ0) is 25.2. The van der Waals surface area contributed by atoms with E-state index in [-0.39, 0.29) is 50.0 Å². The van der Waals surface area contributed by atoms with Gasteiger partial charge in [-0.3, -0.25) is 14.5 Å². The monoisotopic (exact) mass is 504 g/mol. The van der Waals surface area contributed by atoms with Crippen molar-refractivity contribution < 1.29 is 38.9 Å². The second-order valence-electron chi connectivity index (χ2n) is 10.6. The van der Waals surface area contributed by atoms with Crippen LogP contribution in [0.5, 0.6) is 0 Å². The first-order valence-corrected chi connectivity index (χ1v) is 13.2. The molecular weight excluding hydrogens is 468 g/mol. The van der Waals surface area contributed by atoms with Crippen LogP contribution in [0.1, 0.15) is 57.1 Å². The van der Waals surface area contributed by atoms with Crippen molar-refractivity contribution in [2.75, 3.05) is 13.2 Å². The maximum Gasteiger partial charge on any atom is 0.233 e. The fourth-order valence-corrected chi connectivity index (χ4v) is 6.64. The summed E-state index contributed by atoms with van der Waals surface area (Å²) < 4.78 is 10.6. The molecule has 10 heteroatoms. The van der Waals surface area contributed by atoms with E-state index in [2.05, 4.69) is 5.16 Å². The minimum absolute atomic E-state index is 0.0380. The Balaban J connectivity index is 1.23. The highest BCUT2D eigenvalue weighted by Crippen LogP contribution is 2.50. The molecule has 0 unspecified atom stereocenters. The summed E-state index contributed by atoms with van der Waals surface area (Å²) in [5.74, 6) is -1.60. The van der Waals surface area contributed by atoms with Gasteiger partial charge in [0.2, 0.25) is 11.8 Å². The Bertz CT molecular complexity index is 944. The third-order valence-electron chi connectivity index (χ3n) is 8.34. The summed E-state index contributed by atoms with van der Waals surface area (Å²) in [4.78, 5) is 33.7. The van der Waals surface area contributed by atoms with Crippen molar-refractivity contribution in [3.8, 4) is 0 Å². The Kier molecular flexibility index (Phi) is 7.76. The number of aliphatic hydroxyl groups excluding tert-OH is 3. The number of likely N-dealkylation sites (tertiary alicyclic amines) is 1. The molecule has 1 aromatic rings. The van der Waals surface area contributed by atoms with Gasteiger partial charge >= 0.3 is 0 Å². The molecule has 7 atom stereocenters. The van der Waals surface area contributed by atoms with E-state index in [1.165, 1.54) is 4.90 Å². The fraction of sp³-hybridized carbons (Fsp3) is 0.731. The van der Waals surface area contributed by atoms with Crippen molar-refractivity contribution in [3.63, 3.8) is 0 Å². The summed E-state index contributed by atoms with van der Waals surface area (Å²) in [5.41, 5.74) is 0.566. The van der Waals surface area contributed by atoms with Gasteiger partial charge in [-0.25, -0.2) is 0 Å². The number of fused-ring (bicyclic) bond motifs is 3. The third-order valence-corrected chi connectivity index (χ3v) is 8.34. The standard InChI is InChI=1S/C26H36N2O8/c29-16(12-34-14-17-7-4-10-35-17)13-36-27-20-11-21(30)24(31)22-18(20)8-9-19-23(22)26(33)28(25(19)32)15-5-2-1-3-6-15/h4,7,10,15-16,18-19,21-24,29-31H,1-3,5-6,8-9,11-14H2/b27-20+/t16-,18+,19+,21+,22-,23+,24+/m0/s1. The minimum Gasteiger partial charge on any atom is -0.467 e. The molecule has 5 rings (SSSR count). The van der Waals surface area contributed by atoms with E-state index in [4.69, 9.17) is 14.0 Å². The van der Waals surface area contributed by atoms with Crippen LogP contribution in [0.2, 0.25) is 0 Å². The quantitative estimate of drug-likeness (QED) is 0.358. The summed E-state index contributed by atoms with van der Waals surface area (Å²) in [6.45, 7) is 0.173. The van der Waals surface area contributed by atoms with E-state index in [9.17, 15) is 24.9 Å². The van der Waals surface area contributed by atoms with Crippen molar-refractivity contribution >= 4 is 17.5 Å². The number of furan rings is 1. The highest BCUT2D eigenvalue weighted by atomic mass is 16.6. The molecule has 0 spiro atoms. The van der Waals surface area contributed by atoms with Crippen LogP contribution in [0.3, 0.4) is 0 Å². The second-order valence-corrected chi connectivity index (χ2v) is 10.6. The number of nitrogens with zero attached hydrogens (tertiary/aromatic N) is 2. The molecule has 1 aromatic heterocycles. The van der Waals surface area contributed by atoms with Gasteiger partial charge in [0.05, 0.1) is 42.6 Å². The van der Waals surface area contributed by atoms with Gasteiger partial charge in [-0.1, -0.05) is 24.4 Å². The summed E-state index contributed by atoms with van der Waals surface area (Å²) in [6, 6.07) is 3.48. The molecule has 4 fully saturated rings. The molecule has 36 heavy (non-hydrogen) atoms. The molecule has 10 nitrogen and oxygen atoms in total. The topological polar surface area (TPSA) is 142 Å². The van der Waals surface area contributed by atoms with Crippen LogP contribution >= 0.6 is 0 Å². The molecule has 3 aliphatic carbocycles. The summed E-state index contributed by atoms with van der Waals surface area (Å²) in [5, 5.41) is 35.9. The first-order valence-electron chi connectivity index (χ1n) is 13.2. The molecule has 0 aromatic carbocycles. The Hall–Kier alpha value is -2.27. The van der Waals surface area contributed by atoms with Crippen LogP contribution in [-0.4, -0.2) is 75.3 Å². The second kappa shape index (κ2) is 11.0. The molecule has 3 saturated carbocycles. The average Bonchev–Trinajstić information content (AvgIpc) is 3.48. The zero-order valence-electron chi connectivity index (χ0n) is 20.4. The van der Waals surface area contributed by atoms with Gasteiger partial charge in [0, 0.05) is 24.3 Å². The lowest BCUT2D eigenvalue weighted by Crippen LogP contribution is -2.54. The van der Waals surface area contributed by atoms with Crippen molar-refractivity contribution in [2.45, 2.75) is 82.3 Å². The Morgan fingerprint density at radius 1 is 1.06 bits per heavy atom. The van der Waals surface area contributed by atoms with Crippen LogP contribution in [-0.2, 0) is 25.8 Å². The average molecular weight is 505 g/mol. The molecule has 1 saturated heterocycles. The smallest absolute Gasteiger partial charge is 0.233 e. The molecular formula is C26H36N2O8. The number of amides is 2. The van der Waals surface area contributed by atoms with Gasteiger partial charge in [-0.15, -0.1) is 0 Å². The number of hydrogen-bond donors (Lipinski definition) is 3. The first-order chi connectivity index (χ1) is 17.5. The number of hydrogen-bond acceptors (Lipinski definition) is 9. The predicted octanol–water partition coefficient (Wildman–Crippen LogP) is 1.62. The lowest BCUT2D eigenvalue weighted by atomic mass is 9.60. The molecule has 2 amide bonds. The van der Waals surface area contributed by atoms with Crippen molar-refractivity contribution in [1.82, 2.24) is 4.90 Å². The summed E-state index contributed by atoms with van der Waals surface area (Å²) in [6.07, 6.45) is 4.52. The van der Waals surface area contributed by atoms with Crippen molar-refractivity contribution in [2.24, 2.45) is 28.8 Å². The van der Waals surface area contributed by atoms with Crippen molar-refractivity contribution in [3.05, 3.63) is 24.2 Å². The van der Waals surface area contributed by atoms with Crippen LogP contribution in [0.25, 0.3) is 0 Å². The van der Waals surface area contributed by atoms with E-state index < -0.39 is 36.1 Å². The maximum absolute atomic E-state index is 13.5. The normalized spacial score (nSPS) is 35.1. The van der Waals surface area contributed by atoms with E-state index in [0.29, 0.717) is 24.3 Å². The number of carbonyl (C=O) groups is 2. The van der Waals surface area contributed by atoms with Gasteiger partial charge in [-0.05, 0) is 37.8 Å². The SMILES string of the molecule is O=C1[C@H]2[C@H]3[C@H](O)[C@H](O)C/C(=N\OC[C@@H](O)COCc4ccco4)[C@H]3CC[C@H]2C(=O)N1C1CCCCC1. The summed E-state index contributed by atoms with van der Waals surface area (Å²) in [7, 11) is 0. The Morgan fingerprint density at radius 2 is 1.83 bits per heavy atom. The highest BCUT2D eigenvalue weighted by Gasteiger charge is 2.60. The molecule has 4 aliphatic rings. The number of ether oxygens (including phenoxy) is 1. The molecule has 0 radical (unpaired) electrons. The number of imide groups is 1. The maximum atomic E-state index is 13.5. The Morgan fingerprint density at radius 3 is 2.58 bits per heavy atom. The summed E-state index contributed by atoms with van der Waals surface area (Å²) >= 11 is 0. The molecule has 3 N–H and O–H groups in total. The van der Waals surface area contributed by atoms with E-state index >= 15 is 0 Å². The van der Waals surface area contributed by atoms with Gasteiger partial charge in [0.1, 0.15) is 25.1 Å². The lowest BCUT2D eigenvalue weighted by molar-refractivity contribution is -0.145. The van der Waals surface area contributed by atoms with Gasteiger partial charge in [0.25, 0.3) is 0 Å². The zero-order valence-corrected chi connectivity index (χ0v) is 20.4. The third kappa shape index (κ3) is 4.96. The predicted molar refractivity (Wildman–Crippen MR) is 126 cm³/mol. The van der Waals surface area contributed by atoms with Gasteiger partial charge < -0.3 is 29.3 Å². The first kappa shape index (κ1) is 25.4. The van der Waals surface area contributed by atoms with Crippen LogP contribution in [0.4, 0.5) is 0 Å². The lowest BCUT2D eigenvalue weighted by Gasteiger charge is -2.45. The number of rotatable bonds is 8. The van der Waals surface area contributed by atoms with Crippen LogP contribution in [0, 0.1) is 23.7 Å². The Labute approximate surface area is 210 Å². The highest BCUT2D eigenvalue weighted by molar-refractivity contribution is 6.06. The van der Waals surface area contributed by atoms with E-state index in [0.717, 1.165) is 32.1 Å². The largest absolute Gasteiger partial charge is 0.467 e. The number of aliphatic hydroxyl groups is 3. The minimum atomic E-state index is -1.11. The van der Waals surface area contributed by atoms with Crippen molar-refractivity contribution in [1.29, 1.82) is 0 Å². The molecule has 1 aliphatic heterocycles. The van der Waals surface area contributed by atoms with Gasteiger partial charge in [-0.2, -0.15) is 0 Å². The van der Waals surface area contributed by atoms with Gasteiger partial charge in [0.15, 0.2) is 0 Å². The van der Waals surface area contributed by atoms with E-state index in [1.54, 1.807) is 18.4 Å². The molecule has 0 bridgehead atoms. The van der Waals surface area contributed by atoms with Crippen LogP contribution < -0.4 is 0 Å². The number of carbonyl (C=O) groups excluding carboxylic acids is 2. The van der Waals surface area contributed by atoms with Crippen LogP contribution in [0.15, 0.2) is 28.0 Å². The fourth-order valence-electron chi connectivity index (χ4n) is 6.64. The number of oxime groups is 1. The molecule has 2 heterocycles. The van der Waals surface area contributed by atoms with E-state index in [1.807, 2.05) is 0 Å². The molecule has 198 valence electrons.